The molecule has 6 aromatic rings. The Morgan fingerprint density at radius 2 is 0.853 bits per heavy atom. The smallest absolute Gasteiger partial charge is 0.418 e. The average molecular weight is 1650 g/mol. The Labute approximate surface area is 617 Å². The second kappa shape index (κ2) is 34.6. The predicted octanol–water partition coefficient (Wildman–Crippen LogP) is 18.0. The molecule has 3 aliphatic rings. The molecule has 2 aliphatic heterocycles. The summed E-state index contributed by atoms with van der Waals surface area (Å²) in [6.07, 6.45) is -19.2. The van der Waals surface area contributed by atoms with E-state index in [2.05, 4.69) is 39.8 Å². The van der Waals surface area contributed by atoms with Crippen LogP contribution in [0.25, 0.3) is 32.7 Å². The number of carbonyl (C=O) groups excluding carboxylic acids is 5. The van der Waals surface area contributed by atoms with Crippen molar-refractivity contribution in [2.75, 3.05) is 26.2 Å². The van der Waals surface area contributed by atoms with Gasteiger partial charge < -0.3 is 50.1 Å². The third-order valence-electron chi connectivity index (χ3n) is 15.4. The number of carboxylic acids is 1. The average Bonchev–Trinajstić information content (AvgIpc) is 0.779. The fourth-order valence-electron chi connectivity index (χ4n) is 10.9. The summed E-state index contributed by atoms with van der Waals surface area (Å²) in [5, 5.41) is 11.3. The van der Waals surface area contributed by atoms with E-state index >= 15 is 0 Å². The number of benzene rings is 3. The van der Waals surface area contributed by atoms with Crippen molar-refractivity contribution in [2.45, 2.75) is 172 Å². The van der Waals surface area contributed by atoms with Crippen molar-refractivity contribution in [3.63, 3.8) is 0 Å². The van der Waals surface area contributed by atoms with Crippen molar-refractivity contribution in [2.24, 2.45) is 11.7 Å². The highest BCUT2D eigenvalue weighted by atomic mass is 35.5. The lowest BCUT2D eigenvalue weighted by atomic mass is 9.86. The van der Waals surface area contributed by atoms with Gasteiger partial charge >= 0.3 is 56.5 Å². The van der Waals surface area contributed by atoms with Gasteiger partial charge in [-0.05, 0) is 115 Å². The molecule has 5 amide bonds. The van der Waals surface area contributed by atoms with E-state index in [-0.39, 0.29) is 46.9 Å². The standard InChI is InChI=1S/C23H23ClF7N3O4.C19H16ClF7N2O2.C12H5ClF5NO3.C11H18F2N2O3/c1-21(2,3)38-20(36)34-5-4-22(27,28)9-11(34)10-32-18(35)16-8-15(24)13-6-12(37-19(25)26)7-14(17(13)33-16)23(29,30)31;20-13-6-14(16(30)28-8-9-2-1-3-18(23,24)7-9)29-15-11(13)4-10(31-17(21)22)5-12(15)19(25,26)27;13-7-3-8(10(20)21)19-9-5(7)1-4(22-11(14)15)2-6(9)12(16,17)18;1-10(2,3)18-9(17)15-5-4-11(12,13)6-7(15)8(14)16/h6-8,11,19H,4-5,9-10H2,1-3H3,(H,32,35);4-6,9,17H,1-3,7-8H2,(H,28,30);1-3,11H,(H,20,21);7H,4-6H2,1-3H3,(H2,14,16)/t11-;9-;;7-/m00.0/s1. The summed E-state index contributed by atoms with van der Waals surface area (Å²) in [6.45, 7) is -1.53. The Hall–Kier alpha value is -8.89. The molecule has 0 radical (unpaired) electrons. The number of amides is 5. The quantitative estimate of drug-likeness (QED) is 0.0739. The van der Waals surface area contributed by atoms with E-state index in [9.17, 15) is 121 Å². The fraction of sp³-hybridized carbons (Fsp3) is 0.492. The van der Waals surface area contributed by atoms with Crippen molar-refractivity contribution in [3.8, 4) is 17.2 Å². The first-order valence-corrected chi connectivity index (χ1v) is 32.7. The highest BCUT2D eigenvalue weighted by molar-refractivity contribution is 6.37. The second-order valence-corrected chi connectivity index (χ2v) is 27.5. The van der Waals surface area contributed by atoms with Crippen molar-refractivity contribution < 1.29 is 150 Å². The van der Waals surface area contributed by atoms with E-state index in [1.807, 2.05) is 0 Å². The Balaban J connectivity index is 0.000000236. The minimum absolute atomic E-state index is 0.0982. The number of carboxylic acid groups (broad SMARTS) is 1. The van der Waals surface area contributed by atoms with Gasteiger partial charge in [0.1, 0.15) is 51.6 Å². The molecule has 2 saturated heterocycles. The first-order chi connectivity index (χ1) is 49.8. The Morgan fingerprint density at radius 1 is 0.514 bits per heavy atom. The third kappa shape index (κ3) is 25.6. The summed E-state index contributed by atoms with van der Waals surface area (Å²) in [6, 6.07) is 3.63. The summed E-state index contributed by atoms with van der Waals surface area (Å²) in [5.74, 6) is -16.2. The summed E-state index contributed by atoms with van der Waals surface area (Å²) in [5.41, 5.74) is -4.98. The first-order valence-electron chi connectivity index (χ1n) is 31.5. The van der Waals surface area contributed by atoms with Gasteiger partial charge in [0, 0.05) is 80.9 Å². The predicted molar refractivity (Wildman–Crippen MR) is 345 cm³/mol. The lowest BCUT2D eigenvalue weighted by molar-refractivity contribution is -0.137. The van der Waals surface area contributed by atoms with Crippen LogP contribution in [0.1, 0.15) is 141 Å². The van der Waals surface area contributed by atoms with Gasteiger partial charge in [-0.2, -0.15) is 65.9 Å². The van der Waals surface area contributed by atoms with Crippen LogP contribution in [0.4, 0.5) is 102 Å². The topological polar surface area (TPSA) is 264 Å². The lowest BCUT2D eigenvalue weighted by Gasteiger charge is -2.39. The number of nitrogens with one attached hydrogen (secondary N) is 2. The third-order valence-corrected chi connectivity index (χ3v) is 16.4. The van der Waals surface area contributed by atoms with Crippen LogP contribution < -0.4 is 30.6 Å². The number of likely N-dealkylation sites (tertiary alicyclic amines) is 2. The number of nitrogens with zero attached hydrogens (tertiary/aromatic N) is 5. The Morgan fingerprint density at radius 3 is 1.20 bits per heavy atom. The van der Waals surface area contributed by atoms with Crippen molar-refractivity contribution >= 4 is 103 Å². The lowest BCUT2D eigenvalue weighted by Crippen LogP contribution is -2.56. The summed E-state index contributed by atoms with van der Waals surface area (Å²) in [4.78, 5) is 84.3. The van der Waals surface area contributed by atoms with Crippen molar-refractivity contribution in [1.82, 2.24) is 35.4 Å². The molecule has 0 spiro atoms. The molecule has 3 aromatic heterocycles. The van der Waals surface area contributed by atoms with Crippen LogP contribution in [0.3, 0.4) is 0 Å². The molecule has 20 nitrogen and oxygen atoms in total. The zero-order valence-corrected chi connectivity index (χ0v) is 59.2. The second-order valence-electron chi connectivity index (χ2n) is 26.3. The molecule has 5 heterocycles. The molecule has 602 valence electrons. The number of piperidine rings is 2. The number of rotatable bonds is 14. The molecular formula is C65H62Cl3F21N8O12. The minimum Gasteiger partial charge on any atom is -0.477 e. The Kier molecular flexibility index (Phi) is 28.2. The number of primary amides is 1. The number of fused-ring (bicyclic) bond motifs is 3. The molecule has 1 saturated carbocycles. The maximum atomic E-state index is 14.1. The van der Waals surface area contributed by atoms with Crippen LogP contribution in [0.5, 0.6) is 17.2 Å². The SMILES string of the molecule is CC(C)(C)OC(=O)N1CCC(F)(F)C[C@H]1C(N)=O.CC(C)(C)OC(=O)N1CCC(F)(F)C[C@H]1CNC(=O)c1cc(Cl)c2cc(OC(F)F)cc(C(F)(F)F)c2n1.O=C(NC[C@H]1CCCC(F)(F)C1)c1cc(Cl)c2cc(OC(F)F)cc(C(F)(F)F)c2n1.O=C(O)c1cc(Cl)c2cc(OC(F)F)cc(C(F)(F)F)c2n1. The number of alkyl halides is 21. The van der Waals surface area contributed by atoms with Crippen LogP contribution >= 0.6 is 34.8 Å². The molecule has 1 aliphatic carbocycles. The minimum atomic E-state index is -5.08. The molecule has 9 rings (SSSR count). The Bertz CT molecular complexity index is 4340. The highest BCUT2D eigenvalue weighted by Crippen LogP contribution is 2.44. The van der Waals surface area contributed by atoms with E-state index in [4.69, 9.17) is 55.1 Å². The number of halogens is 24. The highest BCUT2D eigenvalue weighted by Gasteiger charge is 2.47. The number of ether oxygens (including phenoxy) is 5. The molecule has 5 N–H and O–H groups in total. The number of pyridine rings is 3. The van der Waals surface area contributed by atoms with Crippen LogP contribution in [0.15, 0.2) is 54.6 Å². The van der Waals surface area contributed by atoms with E-state index in [1.54, 1.807) is 41.5 Å². The van der Waals surface area contributed by atoms with Crippen molar-refractivity contribution in [3.05, 3.63) is 103 Å². The number of hydrogen-bond acceptors (Lipinski definition) is 14. The number of nitrogens with two attached hydrogens (primary N) is 1. The molecule has 3 aromatic carbocycles. The van der Waals surface area contributed by atoms with Gasteiger partial charge in [-0.1, -0.05) is 34.8 Å². The number of hydrogen-bond donors (Lipinski definition) is 4. The molecular weight excluding hydrogens is 1590 g/mol. The van der Waals surface area contributed by atoms with Gasteiger partial charge in [-0.3, -0.25) is 19.3 Å². The van der Waals surface area contributed by atoms with Crippen LogP contribution in [-0.2, 0) is 32.8 Å². The first kappa shape index (κ1) is 89.0. The van der Waals surface area contributed by atoms with Gasteiger partial charge in [0.2, 0.25) is 11.8 Å². The number of aromatic nitrogens is 3. The summed E-state index contributed by atoms with van der Waals surface area (Å²) >= 11 is 17.8. The summed E-state index contributed by atoms with van der Waals surface area (Å²) in [7, 11) is 0. The zero-order valence-electron chi connectivity index (χ0n) is 57.0. The number of carbonyl (C=O) groups is 6. The van der Waals surface area contributed by atoms with E-state index in [0.29, 0.717) is 31.0 Å². The largest absolute Gasteiger partial charge is 0.477 e. The molecule has 0 bridgehead atoms. The fourth-order valence-corrected chi connectivity index (χ4v) is 11.6. The maximum absolute atomic E-state index is 14.1. The monoisotopic (exact) mass is 1650 g/mol. The van der Waals surface area contributed by atoms with Crippen LogP contribution in [0, 0.1) is 5.92 Å². The maximum Gasteiger partial charge on any atom is 0.418 e. The van der Waals surface area contributed by atoms with Gasteiger partial charge in [-0.15, -0.1) is 0 Å². The van der Waals surface area contributed by atoms with Gasteiger partial charge in [-0.25, -0.2) is 55.7 Å². The number of aromatic carboxylic acids is 1. The molecule has 3 atom stereocenters. The zero-order chi connectivity index (χ0) is 82.4. The van der Waals surface area contributed by atoms with E-state index < -0.39 is 238 Å². The molecule has 44 heteroatoms. The van der Waals surface area contributed by atoms with Crippen molar-refractivity contribution in [1.29, 1.82) is 0 Å². The molecule has 109 heavy (non-hydrogen) atoms. The van der Waals surface area contributed by atoms with Gasteiger partial charge in [0.05, 0.1) is 54.4 Å². The normalized spacial score (nSPS) is 18.0. The van der Waals surface area contributed by atoms with Crippen LogP contribution in [-0.4, -0.2) is 153 Å². The molecule has 0 unspecified atom stereocenters. The van der Waals surface area contributed by atoms with Gasteiger partial charge in [0.25, 0.3) is 23.7 Å². The van der Waals surface area contributed by atoms with Crippen LogP contribution in [0.2, 0.25) is 15.1 Å². The summed E-state index contributed by atoms with van der Waals surface area (Å²) < 4.78 is 299. The van der Waals surface area contributed by atoms with Gasteiger partial charge in [0.15, 0.2) is 0 Å². The van der Waals surface area contributed by atoms with E-state index in [0.717, 1.165) is 46.2 Å². The van der Waals surface area contributed by atoms with E-state index in [1.165, 1.54) is 0 Å². The molecule has 3 fully saturated rings.